The Labute approximate surface area is 132 Å². The van der Waals surface area contributed by atoms with E-state index in [9.17, 15) is 9.59 Å². The van der Waals surface area contributed by atoms with Crippen LogP contribution in [0.25, 0.3) is 0 Å². The zero-order valence-electron chi connectivity index (χ0n) is 12.3. The molecule has 2 rings (SSSR count). The van der Waals surface area contributed by atoms with E-state index in [1.807, 2.05) is 19.1 Å². The van der Waals surface area contributed by atoms with Crippen molar-refractivity contribution in [2.45, 2.75) is 26.1 Å². The monoisotopic (exact) mass is 348 g/mol. The SMILES string of the molecule is CC(=O)c1ccc(C)nc1.CC(=O)c1ccc(CBr)nc1. The number of carbonyl (C=O) groups excluding carboxylic acids is 2. The van der Waals surface area contributed by atoms with E-state index in [1.165, 1.54) is 13.8 Å². The molecule has 0 aliphatic heterocycles. The topological polar surface area (TPSA) is 59.9 Å². The summed E-state index contributed by atoms with van der Waals surface area (Å²) in [6.07, 6.45) is 3.19. The molecule has 0 N–H and O–H groups in total. The van der Waals surface area contributed by atoms with Crippen LogP contribution in [0, 0.1) is 6.92 Å². The second-order valence-corrected chi connectivity index (χ2v) is 5.03. The lowest BCUT2D eigenvalue weighted by atomic mass is 10.2. The maximum Gasteiger partial charge on any atom is 0.161 e. The molecule has 0 amide bonds. The number of ketones is 2. The average Bonchev–Trinajstić information content (AvgIpc) is 2.48. The molecule has 21 heavy (non-hydrogen) atoms. The lowest BCUT2D eigenvalue weighted by Gasteiger charge is -1.95. The molecule has 5 heteroatoms. The zero-order valence-corrected chi connectivity index (χ0v) is 13.8. The summed E-state index contributed by atoms with van der Waals surface area (Å²) < 4.78 is 0. The predicted molar refractivity (Wildman–Crippen MR) is 85.9 cm³/mol. The van der Waals surface area contributed by atoms with Gasteiger partial charge in [-0.3, -0.25) is 19.6 Å². The Morgan fingerprint density at radius 1 is 0.952 bits per heavy atom. The van der Waals surface area contributed by atoms with E-state index in [-0.39, 0.29) is 11.6 Å². The zero-order chi connectivity index (χ0) is 15.8. The smallest absolute Gasteiger partial charge is 0.161 e. The van der Waals surface area contributed by atoms with Gasteiger partial charge in [0.2, 0.25) is 0 Å². The molecule has 0 spiro atoms. The van der Waals surface area contributed by atoms with Crippen molar-refractivity contribution in [2.75, 3.05) is 0 Å². The van der Waals surface area contributed by atoms with Crippen molar-refractivity contribution in [2.24, 2.45) is 0 Å². The largest absolute Gasteiger partial charge is 0.294 e. The van der Waals surface area contributed by atoms with Gasteiger partial charge < -0.3 is 0 Å². The van der Waals surface area contributed by atoms with E-state index in [0.717, 1.165) is 16.7 Å². The quantitative estimate of drug-likeness (QED) is 0.625. The summed E-state index contributed by atoms with van der Waals surface area (Å²) in [7, 11) is 0. The van der Waals surface area contributed by atoms with Crippen molar-refractivity contribution in [3.05, 3.63) is 59.2 Å². The van der Waals surface area contributed by atoms with Gasteiger partial charge in [-0.05, 0) is 45.0 Å². The summed E-state index contributed by atoms with van der Waals surface area (Å²) in [5.41, 5.74) is 3.21. The fourth-order valence-electron chi connectivity index (χ4n) is 1.39. The number of nitrogens with zero attached hydrogens (tertiary/aromatic N) is 2. The second-order valence-electron chi connectivity index (χ2n) is 4.47. The number of hydrogen-bond acceptors (Lipinski definition) is 4. The van der Waals surface area contributed by atoms with Gasteiger partial charge in [-0.25, -0.2) is 0 Å². The first-order chi connectivity index (χ1) is 9.93. The lowest BCUT2D eigenvalue weighted by molar-refractivity contribution is 0.100. The summed E-state index contributed by atoms with van der Waals surface area (Å²) in [6, 6.07) is 7.23. The fraction of sp³-hybridized carbons (Fsp3) is 0.250. The molecule has 0 saturated heterocycles. The van der Waals surface area contributed by atoms with Gasteiger partial charge in [0.25, 0.3) is 0 Å². The molecule has 2 aromatic rings. The fourth-order valence-corrected chi connectivity index (χ4v) is 1.72. The van der Waals surface area contributed by atoms with Gasteiger partial charge in [-0.2, -0.15) is 0 Å². The predicted octanol–water partition coefficient (Wildman–Crippen LogP) is 3.77. The van der Waals surface area contributed by atoms with Gasteiger partial charge in [0.05, 0.1) is 5.69 Å². The third kappa shape index (κ3) is 5.95. The second kappa shape index (κ2) is 8.42. The molecule has 0 atom stereocenters. The summed E-state index contributed by atoms with van der Waals surface area (Å²) in [6.45, 7) is 4.96. The van der Waals surface area contributed by atoms with Crippen LogP contribution in [0.2, 0.25) is 0 Å². The minimum Gasteiger partial charge on any atom is -0.294 e. The van der Waals surface area contributed by atoms with Crippen molar-refractivity contribution in [1.29, 1.82) is 0 Å². The van der Waals surface area contributed by atoms with E-state index in [1.54, 1.807) is 24.5 Å². The Kier molecular flexibility index (Phi) is 6.88. The molecule has 4 nitrogen and oxygen atoms in total. The molecule has 2 heterocycles. The maximum atomic E-state index is 10.8. The van der Waals surface area contributed by atoms with Gasteiger partial charge in [-0.1, -0.05) is 15.9 Å². The number of Topliss-reactive ketones (excluding diaryl/α,β-unsaturated/α-hetero) is 2. The molecule has 0 radical (unpaired) electrons. The lowest BCUT2D eigenvalue weighted by Crippen LogP contribution is -1.94. The molecule has 0 aromatic carbocycles. The molecule has 0 aliphatic rings. The van der Waals surface area contributed by atoms with Crippen LogP contribution in [0.4, 0.5) is 0 Å². The van der Waals surface area contributed by atoms with Gasteiger partial charge in [0.1, 0.15) is 0 Å². The van der Waals surface area contributed by atoms with Crippen LogP contribution in [0.15, 0.2) is 36.7 Å². The third-order valence-corrected chi connectivity index (χ3v) is 3.26. The van der Waals surface area contributed by atoms with Gasteiger partial charge in [-0.15, -0.1) is 0 Å². The molecule has 0 saturated carbocycles. The first-order valence-corrected chi connectivity index (χ1v) is 7.51. The molecule has 0 bridgehead atoms. The normalized spacial score (nSPS) is 9.52. The Morgan fingerprint density at radius 3 is 1.81 bits per heavy atom. The van der Waals surface area contributed by atoms with Crippen LogP contribution >= 0.6 is 15.9 Å². The molecule has 2 aromatic heterocycles. The third-order valence-electron chi connectivity index (χ3n) is 2.69. The number of alkyl halides is 1. The Hall–Kier alpha value is -1.88. The number of aromatic nitrogens is 2. The van der Waals surface area contributed by atoms with Crippen molar-refractivity contribution in [3.63, 3.8) is 0 Å². The molecule has 0 fully saturated rings. The highest BCUT2D eigenvalue weighted by Crippen LogP contribution is 2.04. The van der Waals surface area contributed by atoms with Gasteiger partial charge in [0.15, 0.2) is 11.6 Å². The average molecular weight is 349 g/mol. The van der Waals surface area contributed by atoms with E-state index in [2.05, 4.69) is 25.9 Å². The van der Waals surface area contributed by atoms with Crippen molar-refractivity contribution in [1.82, 2.24) is 9.97 Å². The standard InChI is InChI=1S/C8H8BrNO.C8H9NO/c1-6(11)7-2-3-8(4-9)10-5-7;1-6-3-4-8(5-9-6)7(2)10/h2-3,5H,4H2,1H3;3-5H,1-2H3. The van der Waals surface area contributed by atoms with Crippen LogP contribution in [0.3, 0.4) is 0 Å². The molecule has 0 unspecified atom stereocenters. The number of halogens is 1. The van der Waals surface area contributed by atoms with Crippen molar-refractivity contribution < 1.29 is 9.59 Å². The van der Waals surface area contributed by atoms with Gasteiger partial charge in [0, 0.05) is 34.5 Å². The van der Waals surface area contributed by atoms with E-state index in [0.29, 0.717) is 11.1 Å². The minimum atomic E-state index is 0.0543. The molecular weight excluding hydrogens is 332 g/mol. The number of hydrogen-bond donors (Lipinski definition) is 0. The van der Waals surface area contributed by atoms with Crippen LogP contribution < -0.4 is 0 Å². The number of aryl methyl sites for hydroxylation is 1. The van der Waals surface area contributed by atoms with Crippen molar-refractivity contribution >= 4 is 27.5 Å². The van der Waals surface area contributed by atoms with Gasteiger partial charge >= 0.3 is 0 Å². The minimum absolute atomic E-state index is 0.0543. The number of rotatable bonds is 3. The van der Waals surface area contributed by atoms with Crippen LogP contribution in [-0.2, 0) is 5.33 Å². The number of pyridine rings is 2. The summed E-state index contributed by atoms with van der Waals surface area (Å²) in [5, 5.41) is 0.727. The van der Waals surface area contributed by atoms with Crippen molar-refractivity contribution in [3.8, 4) is 0 Å². The summed E-state index contributed by atoms with van der Waals surface area (Å²) in [5.74, 6) is 0.117. The van der Waals surface area contributed by atoms with E-state index < -0.39 is 0 Å². The van der Waals surface area contributed by atoms with Crippen LogP contribution in [0.5, 0.6) is 0 Å². The first-order valence-electron chi connectivity index (χ1n) is 6.39. The first kappa shape index (κ1) is 17.2. The molecular formula is C16H17BrN2O2. The Morgan fingerprint density at radius 2 is 1.48 bits per heavy atom. The molecule has 110 valence electrons. The highest BCUT2D eigenvalue weighted by atomic mass is 79.9. The highest BCUT2D eigenvalue weighted by Gasteiger charge is 1.98. The molecule has 0 aliphatic carbocycles. The maximum absolute atomic E-state index is 10.8. The summed E-state index contributed by atoms with van der Waals surface area (Å²) >= 11 is 3.27. The van der Waals surface area contributed by atoms with Crippen LogP contribution in [0.1, 0.15) is 46.0 Å². The Bertz CT molecular complexity index is 607. The number of carbonyl (C=O) groups is 2. The van der Waals surface area contributed by atoms with E-state index in [4.69, 9.17) is 0 Å². The summed E-state index contributed by atoms with van der Waals surface area (Å²) in [4.78, 5) is 29.5. The van der Waals surface area contributed by atoms with Crippen LogP contribution in [-0.4, -0.2) is 21.5 Å². The Balaban J connectivity index is 0.000000211. The van der Waals surface area contributed by atoms with E-state index >= 15 is 0 Å². The highest BCUT2D eigenvalue weighted by molar-refractivity contribution is 9.08.